The first kappa shape index (κ1) is 13.4. The maximum Gasteiger partial charge on any atom is 0.119 e. The van der Waals surface area contributed by atoms with Crippen LogP contribution in [0.1, 0.15) is 32.3 Å². The second-order valence-corrected chi connectivity index (χ2v) is 5.53. The average Bonchev–Trinajstić information content (AvgIpc) is 2.33. The van der Waals surface area contributed by atoms with Gasteiger partial charge in [-0.25, -0.2) is 0 Å². The number of rotatable bonds is 3. The van der Waals surface area contributed by atoms with Gasteiger partial charge >= 0.3 is 0 Å². The van der Waals surface area contributed by atoms with Gasteiger partial charge in [0.2, 0.25) is 0 Å². The van der Waals surface area contributed by atoms with Crippen molar-refractivity contribution < 1.29 is 9.84 Å². The lowest BCUT2D eigenvalue weighted by molar-refractivity contribution is -0.0203. The molecule has 0 bridgehead atoms. The van der Waals surface area contributed by atoms with Crippen molar-refractivity contribution in [2.24, 2.45) is 0 Å². The summed E-state index contributed by atoms with van der Waals surface area (Å²) in [7, 11) is 2.10. The predicted molar refractivity (Wildman–Crippen MR) is 72.8 cm³/mol. The molecule has 1 saturated heterocycles. The number of likely N-dealkylation sites (tertiary alicyclic amines) is 1. The van der Waals surface area contributed by atoms with Crippen LogP contribution in [0.4, 0.5) is 0 Å². The van der Waals surface area contributed by atoms with Crippen molar-refractivity contribution in [3.63, 3.8) is 0 Å². The third-order valence-corrected chi connectivity index (χ3v) is 3.58. The topological polar surface area (TPSA) is 32.7 Å². The van der Waals surface area contributed by atoms with E-state index in [4.69, 9.17) is 4.74 Å². The van der Waals surface area contributed by atoms with Gasteiger partial charge in [0.15, 0.2) is 0 Å². The van der Waals surface area contributed by atoms with Crippen LogP contribution in [0, 0.1) is 0 Å². The molecule has 1 aromatic rings. The normalized spacial score (nSPS) is 20.1. The molecule has 0 amide bonds. The van der Waals surface area contributed by atoms with Gasteiger partial charge in [0.1, 0.15) is 5.75 Å². The fourth-order valence-corrected chi connectivity index (χ4v) is 2.39. The molecule has 100 valence electrons. The van der Waals surface area contributed by atoms with E-state index >= 15 is 0 Å². The first-order chi connectivity index (χ1) is 8.49. The number of ether oxygens (including phenoxy) is 1. The summed E-state index contributed by atoms with van der Waals surface area (Å²) in [5.41, 5.74) is 0.342. The first-order valence-corrected chi connectivity index (χ1v) is 6.68. The molecule has 0 unspecified atom stereocenters. The Labute approximate surface area is 109 Å². The number of hydrogen-bond donors (Lipinski definition) is 1. The summed E-state index contributed by atoms with van der Waals surface area (Å²) in [6, 6.07) is 7.88. The van der Waals surface area contributed by atoms with Crippen LogP contribution in [0.5, 0.6) is 5.75 Å². The van der Waals surface area contributed by atoms with E-state index in [0.717, 1.165) is 37.2 Å². The molecule has 3 nitrogen and oxygen atoms in total. The number of aliphatic hydroxyl groups is 1. The lowest BCUT2D eigenvalue weighted by atomic mass is 9.84. The second-order valence-electron chi connectivity index (χ2n) is 5.53. The van der Waals surface area contributed by atoms with E-state index in [1.165, 1.54) is 0 Å². The molecule has 0 aromatic heterocycles. The van der Waals surface area contributed by atoms with Gasteiger partial charge in [0.05, 0.1) is 11.7 Å². The minimum absolute atomic E-state index is 0.183. The highest BCUT2D eigenvalue weighted by molar-refractivity contribution is 5.31. The lowest BCUT2D eigenvalue weighted by Gasteiger charge is -2.37. The minimum Gasteiger partial charge on any atom is -0.491 e. The summed E-state index contributed by atoms with van der Waals surface area (Å²) in [6.07, 6.45) is 1.78. The minimum atomic E-state index is -0.664. The van der Waals surface area contributed by atoms with Gasteiger partial charge in [0, 0.05) is 13.1 Å². The van der Waals surface area contributed by atoms with E-state index in [1.807, 2.05) is 38.1 Å². The molecule has 1 aromatic carbocycles. The van der Waals surface area contributed by atoms with Crippen molar-refractivity contribution in [2.45, 2.75) is 38.4 Å². The van der Waals surface area contributed by atoms with Crippen molar-refractivity contribution in [2.75, 3.05) is 20.1 Å². The molecule has 1 fully saturated rings. The van der Waals surface area contributed by atoms with Crippen molar-refractivity contribution in [3.8, 4) is 5.75 Å². The van der Waals surface area contributed by atoms with E-state index in [-0.39, 0.29) is 6.10 Å². The molecule has 1 aliphatic heterocycles. The monoisotopic (exact) mass is 249 g/mol. The third kappa shape index (κ3) is 3.03. The van der Waals surface area contributed by atoms with Crippen LogP contribution < -0.4 is 4.74 Å². The van der Waals surface area contributed by atoms with E-state index < -0.39 is 5.60 Å². The van der Waals surface area contributed by atoms with Crippen LogP contribution in [-0.2, 0) is 5.60 Å². The highest BCUT2D eigenvalue weighted by Gasteiger charge is 2.32. The fraction of sp³-hybridized carbons (Fsp3) is 0.600. The van der Waals surface area contributed by atoms with Gasteiger partial charge in [-0.2, -0.15) is 0 Å². The SMILES string of the molecule is CC(C)Oc1ccc(C2(O)CCN(C)CC2)cc1. The largest absolute Gasteiger partial charge is 0.491 e. The van der Waals surface area contributed by atoms with Crippen molar-refractivity contribution in [1.29, 1.82) is 0 Å². The third-order valence-electron chi connectivity index (χ3n) is 3.58. The summed E-state index contributed by atoms with van der Waals surface area (Å²) < 4.78 is 5.62. The van der Waals surface area contributed by atoms with E-state index in [1.54, 1.807) is 0 Å². The van der Waals surface area contributed by atoms with Crippen LogP contribution in [0.2, 0.25) is 0 Å². The maximum atomic E-state index is 10.7. The molecule has 2 rings (SSSR count). The zero-order valence-corrected chi connectivity index (χ0v) is 11.5. The zero-order chi connectivity index (χ0) is 13.2. The molecule has 0 radical (unpaired) electrons. The van der Waals surface area contributed by atoms with Gasteiger partial charge in [-0.05, 0) is 51.4 Å². The van der Waals surface area contributed by atoms with Crippen molar-refractivity contribution in [3.05, 3.63) is 29.8 Å². The Hall–Kier alpha value is -1.06. The van der Waals surface area contributed by atoms with Gasteiger partial charge in [-0.15, -0.1) is 0 Å². The van der Waals surface area contributed by atoms with Crippen LogP contribution in [0.25, 0.3) is 0 Å². The molecule has 0 saturated carbocycles. The highest BCUT2D eigenvalue weighted by Crippen LogP contribution is 2.33. The Kier molecular flexibility index (Phi) is 3.93. The summed E-state index contributed by atoms with van der Waals surface area (Å²) >= 11 is 0. The molecule has 1 N–H and O–H groups in total. The molecule has 0 spiro atoms. The predicted octanol–water partition coefficient (Wildman–Crippen LogP) is 2.39. The van der Waals surface area contributed by atoms with E-state index in [9.17, 15) is 5.11 Å². The van der Waals surface area contributed by atoms with Gasteiger partial charge < -0.3 is 14.7 Å². The number of piperidine rings is 1. The summed E-state index contributed by atoms with van der Waals surface area (Å²) in [4.78, 5) is 2.25. The Bertz CT molecular complexity index is 378. The van der Waals surface area contributed by atoms with Gasteiger partial charge in [0.25, 0.3) is 0 Å². The summed E-state index contributed by atoms with van der Waals surface area (Å²) in [5.74, 6) is 0.866. The van der Waals surface area contributed by atoms with E-state index in [2.05, 4.69) is 11.9 Å². The van der Waals surface area contributed by atoms with Crippen LogP contribution in [0.15, 0.2) is 24.3 Å². The second kappa shape index (κ2) is 5.29. The molecule has 1 heterocycles. The number of hydrogen-bond acceptors (Lipinski definition) is 3. The quantitative estimate of drug-likeness (QED) is 0.893. The molecular formula is C15H23NO2. The van der Waals surface area contributed by atoms with Crippen LogP contribution >= 0.6 is 0 Å². The molecule has 0 aliphatic carbocycles. The zero-order valence-electron chi connectivity index (χ0n) is 11.5. The number of nitrogens with zero attached hydrogens (tertiary/aromatic N) is 1. The molecule has 0 atom stereocenters. The first-order valence-electron chi connectivity index (χ1n) is 6.68. The fourth-order valence-electron chi connectivity index (χ4n) is 2.39. The van der Waals surface area contributed by atoms with Gasteiger partial charge in [-0.3, -0.25) is 0 Å². The summed E-state index contributed by atoms with van der Waals surface area (Å²) in [6.45, 7) is 5.92. The molecule has 3 heteroatoms. The standard InChI is InChI=1S/C15H23NO2/c1-12(2)18-14-6-4-13(5-7-14)15(17)8-10-16(3)11-9-15/h4-7,12,17H,8-11H2,1-3H3. The molecule has 18 heavy (non-hydrogen) atoms. The molecular weight excluding hydrogens is 226 g/mol. The maximum absolute atomic E-state index is 10.7. The molecule has 1 aliphatic rings. The number of benzene rings is 1. The van der Waals surface area contributed by atoms with Crippen LogP contribution in [0.3, 0.4) is 0 Å². The Morgan fingerprint density at radius 3 is 2.22 bits per heavy atom. The smallest absolute Gasteiger partial charge is 0.119 e. The lowest BCUT2D eigenvalue weighted by Crippen LogP contribution is -2.40. The average molecular weight is 249 g/mol. The summed E-state index contributed by atoms with van der Waals surface area (Å²) in [5, 5.41) is 10.7. The Balaban J connectivity index is 2.09. The Morgan fingerprint density at radius 2 is 1.72 bits per heavy atom. The van der Waals surface area contributed by atoms with E-state index in [0.29, 0.717) is 0 Å². The Morgan fingerprint density at radius 1 is 1.17 bits per heavy atom. The van der Waals surface area contributed by atoms with Gasteiger partial charge in [-0.1, -0.05) is 12.1 Å². The van der Waals surface area contributed by atoms with Crippen molar-refractivity contribution in [1.82, 2.24) is 4.90 Å². The highest BCUT2D eigenvalue weighted by atomic mass is 16.5. The van der Waals surface area contributed by atoms with Crippen LogP contribution in [-0.4, -0.2) is 36.2 Å². The van der Waals surface area contributed by atoms with Crippen molar-refractivity contribution >= 4 is 0 Å².